The molecule has 1 atom stereocenters. The van der Waals surface area contributed by atoms with Gasteiger partial charge in [-0.3, -0.25) is 4.98 Å². The molecule has 1 aromatic rings. The zero-order chi connectivity index (χ0) is 8.39. The van der Waals surface area contributed by atoms with Crippen molar-refractivity contribution in [1.82, 2.24) is 4.98 Å². The maximum atomic E-state index is 9.10. The Balaban J connectivity index is 2.37. The van der Waals surface area contributed by atoms with E-state index in [1.807, 2.05) is 12.3 Å². The van der Waals surface area contributed by atoms with Crippen molar-refractivity contribution < 1.29 is 5.11 Å². The van der Waals surface area contributed by atoms with Gasteiger partial charge in [-0.2, -0.15) is 0 Å². The molecule has 0 amide bonds. The SMILES string of the molecule is OC[C@H]1CCCc2cccnc21. The summed E-state index contributed by atoms with van der Waals surface area (Å²) in [6, 6.07) is 4.09. The normalized spacial score (nSPS) is 21.9. The van der Waals surface area contributed by atoms with Crippen LogP contribution in [0.4, 0.5) is 0 Å². The van der Waals surface area contributed by atoms with Gasteiger partial charge in [0, 0.05) is 17.8 Å². The van der Waals surface area contributed by atoms with Crippen LogP contribution >= 0.6 is 0 Å². The first-order chi connectivity index (χ1) is 5.92. The molecule has 64 valence electrons. The van der Waals surface area contributed by atoms with Crippen LogP contribution in [0, 0.1) is 0 Å². The summed E-state index contributed by atoms with van der Waals surface area (Å²) in [6.45, 7) is 0.240. The van der Waals surface area contributed by atoms with Crippen LogP contribution in [-0.2, 0) is 6.42 Å². The quantitative estimate of drug-likeness (QED) is 0.680. The number of hydrogen-bond acceptors (Lipinski definition) is 2. The van der Waals surface area contributed by atoms with E-state index in [0.29, 0.717) is 0 Å². The molecular weight excluding hydrogens is 150 g/mol. The van der Waals surface area contributed by atoms with Crippen LogP contribution in [-0.4, -0.2) is 16.7 Å². The van der Waals surface area contributed by atoms with Crippen LogP contribution < -0.4 is 0 Å². The third kappa shape index (κ3) is 1.23. The van der Waals surface area contributed by atoms with Crippen molar-refractivity contribution in [3.05, 3.63) is 29.6 Å². The van der Waals surface area contributed by atoms with Crippen molar-refractivity contribution in [3.8, 4) is 0 Å². The number of rotatable bonds is 1. The average Bonchev–Trinajstić information content (AvgIpc) is 2.17. The van der Waals surface area contributed by atoms with Crippen molar-refractivity contribution in [2.24, 2.45) is 0 Å². The van der Waals surface area contributed by atoms with Gasteiger partial charge in [0.25, 0.3) is 0 Å². The third-order valence-electron chi connectivity index (χ3n) is 2.53. The topological polar surface area (TPSA) is 33.1 Å². The number of pyridine rings is 1. The molecule has 1 heterocycles. The highest BCUT2D eigenvalue weighted by Gasteiger charge is 2.19. The minimum absolute atomic E-state index is 0.240. The van der Waals surface area contributed by atoms with Gasteiger partial charge in [0.05, 0.1) is 6.61 Å². The first-order valence-corrected chi connectivity index (χ1v) is 4.46. The molecule has 1 N–H and O–H groups in total. The molecule has 0 aliphatic heterocycles. The van der Waals surface area contributed by atoms with E-state index in [9.17, 15) is 0 Å². The fourth-order valence-corrected chi connectivity index (χ4v) is 1.88. The number of aliphatic hydroxyl groups excluding tert-OH is 1. The van der Waals surface area contributed by atoms with Gasteiger partial charge < -0.3 is 5.11 Å². The van der Waals surface area contributed by atoms with Crippen molar-refractivity contribution in [3.63, 3.8) is 0 Å². The van der Waals surface area contributed by atoms with Gasteiger partial charge in [-0.15, -0.1) is 0 Å². The molecule has 2 nitrogen and oxygen atoms in total. The summed E-state index contributed by atoms with van der Waals surface area (Å²) in [7, 11) is 0. The standard InChI is InChI=1S/C10H13NO/c12-7-9-4-1-3-8-5-2-6-11-10(8)9/h2,5-6,9,12H,1,3-4,7H2/t9-/m1/s1. The maximum Gasteiger partial charge on any atom is 0.0514 e. The Kier molecular flexibility index (Phi) is 2.09. The molecule has 0 fully saturated rings. The fourth-order valence-electron chi connectivity index (χ4n) is 1.88. The van der Waals surface area contributed by atoms with Gasteiger partial charge in [-0.05, 0) is 30.9 Å². The number of nitrogens with zero attached hydrogens (tertiary/aromatic N) is 1. The van der Waals surface area contributed by atoms with Crippen molar-refractivity contribution in [2.75, 3.05) is 6.61 Å². The van der Waals surface area contributed by atoms with E-state index < -0.39 is 0 Å². The highest BCUT2D eigenvalue weighted by Crippen LogP contribution is 2.28. The molecule has 0 saturated carbocycles. The lowest BCUT2D eigenvalue weighted by Crippen LogP contribution is -2.14. The molecule has 0 aromatic carbocycles. The summed E-state index contributed by atoms with van der Waals surface area (Å²) in [5, 5.41) is 9.10. The summed E-state index contributed by atoms with van der Waals surface area (Å²) >= 11 is 0. The molecule has 2 heteroatoms. The first kappa shape index (κ1) is 7.74. The number of aliphatic hydroxyl groups is 1. The second-order valence-corrected chi connectivity index (χ2v) is 3.32. The van der Waals surface area contributed by atoms with Crippen LogP contribution in [0.15, 0.2) is 18.3 Å². The molecule has 0 saturated heterocycles. The fraction of sp³-hybridized carbons (Fsp3) is 0.500. The van der Waals surface area contributed by atoms with Gasteiger partial charge in [0.2, 0.25) is 0 Å². The predicted octanol–water partition coefficient (Wildman–Crippen LogP) is 1.49. The molecule has 2 rings (SSSR count). The zero-order valence-corrected chi connectivity index (χ0v) is 7.03. The number of aromatic nitrogens is 1. The Hall–Kier alpha value is -0.890. The lowest BCUT2D eigenvalue weighted by Gasteiger charge is -2.21. The second kappa shape index (κ2) is 3.23. The lowest BCUT2D eigenvalue weighted by atomic mass is 9.87. The van der Waals surface area contributed by atoms with Gasteiger partial charge in [0.1, 0.15) is 0 Å². The summed E-state index contributed by atoms with van der Waals surface area (Å²) in [5.41, 5.74) is 2.44. The highest BCUT2D eigenvalue weighted by atomic mass is 16.3. The van der Waals surface area contributed by atoms with Crippen molar-refractivity contribution >= 4 is 0 Å². The molecule has 0 radical (unpaired) electrons. The van der Waals surface area contributed by atoms with Crippen molar-refractivity contribution in [1.29, 1.82) is 0 Å². The van der Waals surface area contributed by atoms with E-state index in [4.69, 9.17) is 5.11 Å². The summed E-state index contributed by atoms with van der Waals surface area (Å²) in [4.78, 5) is 4.31. The average molecular weight is 163 g/mol. The van der Waals surface area contributed by atoms with E-state index in [1.54, 1.807) is 0 Å². The van der Waals surface area contributed by atoms with Gasteiger partial charge >= 0.3 is 0 Å². The maximum absolute atomic E-state index is 9.10. The summed E-state index contributed by atoms with van der Waals surface area (Å²) in [6.07, 6.45) is 5.21. The molecule has 0 unspecified atom stereocenters. The van der Waals surface area contributed by atoms with E-state index in [2.05, 4.69) is 11.1 Å². The largest absolute Gasteiger partial charge is 0.396 e. The molecule has 0 bridgehead atoms. The van der Waals surface area contributed by atoms with Crippen LogP contribution in [0.1, 0.15) is 30.0 Å². The van der Waals surface area contributed by atoms with Gasteiger partial charge in [-0.1, -0.05) is 6.07 Å². The molecule has 1 aliphatic carbocycles. The Morgan fingerprint density at radius 1 is 1.58 bits per heavy atom. The zero-order valence-electron chi connectivity index (χ0n) is 7.03. The number of hydrogen-bond donors (Lipinski definition) is 1. The van der Waals surface area contributed by atoms with Crippen LogP contribution in [0.25, 0.3) is 0 Å². The Morgan fingerprint density at radius 3 is 3.33 bits per heavy atom. The summed E-state index contributed by atoms with van der Waals surface area (Å²) in [5.74, 6) is 0.287. The Bertz CT molecular complexity index is 272. The smallest absolute Gasteiger partial charge is 0.0514 e. The van der Waals surface area contributed by atoms with Crippen molar-refractivity contribution in [2.45, 2.75) is 25.2 Å². The first-order valence-electron chi connectivity index (χ1n) is 4.46. The van der Waals surface area contributed by atoms with E-state index >= 15 is 0 Å². The van der Waals surface area contributed by atoms with Gasteiger partial charge in [0.15, 0.2) is 0 Å². The highest BCUT2D eigenvalue weighted by molar-refractivity contribution is 5.25. The number of fused-ring (bicyclic) bond motifs is 1. The molecule has 12 heavy (non-hydrogen) atoms. The predicted molar refractivity (Wildman–Crippen MR) is 47.0 cm³/mol. The Labute approximate surface area is 72.3 Å². The van der Waals surface area contributed by atoms with E-state index in [-0.39, 0.29) is 12.5 Å². The molecule has 1 aromatic heterocycles. The van der Waals surface area contributed by atoms with Crippen LogP contribution in [0.2, 0.25) is 0 Å². The molecule has 1 aliphatic rings. The minimum atomic E-state index is 0.240. The second-order valence-electron chi connectivity index (χ2n) is 3.32. The van der Waals surface area contributed by atoms with Gasteiger partial charge in [-0.25, -0.2) is 0 Å². The minimum Gasteiger partial charge on any atom is -0.396 e. The third-order valence-corrected chi connectivity index (χ3v) is 2.53. The lowest BCUT2D eigenvalue weighted by molar-refractivity contribution is 0.250. The van der Waals surface area contributed by atoms with E-state index in [0.717, 1.165) is 18.5 Å². The summed E-state index contributed by atoms with van der Waals surface area (Å²) < 4.78 is 0. The monoisotopic (exact) mass is 163 g/mol. The number of aryl methyl sites for hydroxylation is 1. The van der Waals surface area contributed by atoms with Crippen LogP contribution in [0.3, 0.4) is 0 Å². The van der Waals surface area contributed by atoms with E-state index in [1.165, 1.54) is 12.0 Å². The molecule has 0 spiro atoms. The molecular formula is C10H13NO. The Morgan fingerprint density at radius 2 is 2.50 bits per heavy atom. The van der Waals surface area contributed by atoms with Crippen LogP contribution in [0.5, 0.6) is 0 Å².